The molecule has 1 fully saturated rings. The second-order valence-electron chi connectivity index (χ2n) is 8.51. The lowest BCUT2D eigenvalue weighted by atomic mass is 10.1. The van der Waals surface area contributed by atoms with Gasteiger partial charge < -0.3 is 19.3 Å². The van der Waals surface area contributed by atoms with Gasteiger partial charge in [-0.15, -0.1) is 0 Å². The number of fused-ring (bicyclic) bond motifs is 1. The van der Waals surface area contributed by atoms with Crippen molar-refractivity contribution in [3.05, 3.63) is 82.7 Å². The second kappa shape index (κ2) is 8.71. The number of carbonyl (C=O) groups is 1. The van der Waals surface area contributed by atoms with Crippen LogP contribution in [-0.2, 0) is 11.2 Å². The highest BCUT2D eigenvalue weighted by molar-refractivity contribution is 5.75. The van der Waals surface area contributed by atoms with Crippen molar-refractivity contribution in [2.75, 3.05) is 7.11 Å². The van der Waals surface area contributed by atoms with Gasteiger partial charge >= 0.3 is 5.97 Å². The van der Waals surface area contributed by atoms with Gasteiger partial charge in [0, 0.05) is 17.2 Å². The molecular weight excluding hydrogens is 437 g/mol. The third-order valence-corrected chi connectivity index (χ3v) is 6.45. The molecule has 3 unspecified atom stereocenters. The van der Waals surface area contributed by atoms with Crippen LogP contribution in [0.4, 0.5) is 4.39 Å². The summed E-state index contributed by atoms with van der Waals surface area (Å²) in [6.45, 7) is 0. The molecule has 0 spiro atoms. The number of rotatable bonds is 7. The summed E-state index contributed by atoms with van der Waals surface area (Å²) in [5, 5.41) is 18.3. The predicted octanol–water partition coefficient (Wildman–Crippen LogP) is 5.75. The van der Waals surface area contributed by atoms with Gasteiger partial charge in [0.25, 0.3) is 0 Å². The zero-order valence-corrected chi connectivity index (χ0v) is 18.5. The van der Waals surface area contributed by atoms with Crippen LogP contribution in [0.5, 0.6) is 23.0 Å². The van der Waals surface area contributed by atoms with E-state index < -0.39 is 12.1 Å². The molecule has 0 radical (unpaired) electrons. The van der Waals surface area contributed by atoms with E-state index >= 15 is 0 Å². The van der Waals surface area contributed by atoms with Crippen molar-refractivity contribution in [3.63, 3.8) is 0 Å². The third-order valence-electron chi connectivity index (χ3n) is 6.45. The first kappa shape index (κ1) is 21.8. The number of methoxy groups -OCH3 is 1. The summed E-state index contributed by atoms with van der Waals surface area (Å²) in [6, 6.07) is 17.4. The Morgan fingerprint density at radius 1 is 1.09 bits per heavy atom. The maximum atomic E-state index is 14.8. The Labute approximate surface area is 196 Å². The summed E-state index contributed by atoms with van der Waals surface area (Å²) < 4.78 is 32.2. The molecule has 1 saturated carbocycles. The minimum Gasteiger partial charge on any atom is -0.495 e. The molecule has 34 heavy (non-hydrogen) atoms. The molecule has 0 bridgehead atoms. The number of hydrogen-bond donors (Lipinski definition) is 1. The molecule has 0 aliphatic heterocycles. The SMILES string of the molecule is COc1cc(Oc2ccc(F)c3c2CCC3Oc2ccc(C3CC3C(=O)O)cc2)ccc1C#N. The van der Waals surface area contributed by atoms with Crippen LogP contribution in [0, 0.1) is 23.1 Å². The van der Waals surface area contributed by atoms with Gasteiger partial charge in [-0.25, -0.2) is 4.39 Å². The van der Waals surface area contributed by atoms with Crippen molar-refractivity contribution in [2.24, 2.45) is 5.92 Å². The van der Waals surface area contributed by atoms with E-state index in [1.54, 1.807) is 24.3 Å². The molecule has 0 amide bonds. The number of nitrogens with zero attached hydrogens (tertiary/aromatic N) is 1. The van der Waals surface area contributed by atoms with Crippen molar-refractivity contribution in [3.8, 4) is 29.1 Å². The van der Waals surface area contributed by atoms with E-state index in [4.69, 9.17) is 24.6 Å². The van der Waals surface area contributed by atoms with Crippen molar-refractivity contribution in [2.45, 2.75) is 31.3 Å². The fraction of sp³-hybridized carbons (Fsp3) is 0.259. The predicted molar refractivity (Wildman–Crippen MR) is 121 cm³/mol. The Hall–Kier alpha value is -4.05. The molecule has 5 rings (SSSR count). The Morgan fingerprint density at radius 3 is 2.53 bits per heavy atom. The largest absolute Gasteiger partial charge is 0.495 e. The number of nitriles is 1. The fourth-order valence-electron chi connectivity index (χ4n) is 4.60. The van der Waals surface area contributed by atoms with E-state index in [1.165, 1.54) is 13.2 Å². The van der Waals surface area contributed by atoms with Gasteiger partial charge in [-0.05, 0) is 67.1 Å². The summed E-state index contributed by atoms with van der Waals surface area (Å²) in [6.07, 6.45) is 1.41. The van der Waals surface area contributed by atoms with Crippen molar-refractivity contribution < 1.29 is 28.5 Å². The summed E-state index contributed by atoms with van der Waals surface area (Å²) in [7, 11) is 1.49. The first-order valence-electron chi connectivity index (χ1n) is 11.0. The van der Waals surface area contributed by atoms with Gasteiger partial charge in [0.05, 0.1) is 18.6 Å². The number of carboxylic acid groups (broad SMARTS) is 1. The quantitative estimate of drug-likeness (QED) is 0.484. The Balaban J connectivity index is 1.34. The topological polar surface area (TPSA) is 88.8 Å². The van der Waals surface area contributed by atoms with Crippen LogP contribution in [0.25, 0.3) is 0 Å². The summed E-state index contributed by atoms with van der Waals surface area (Å²) in [4.78, 5) is 11.1. The van der Waals surface area contributed by atoms with Crippen molar-refractivity contribution >= 4 is 5.97 Å². The van der Waals surface area contributed by atoms with E-state index in [0.717, 1.165) is 11.1 Å². The molecule has 3 atom stereocenters. The van der Waals surface area contributed by atoms with E-state index in [0.29, 0.717) is 53.4 Å². The third kappa shape index (κ3) is 4.03. The summed E-state index contributed by atoms with van der Waals surface area (Å²) >= 11 is 0. The molecule has 172 valence electrons. The maximum absolute atomic E-state index is 14.8. The maximum Gasteiger partial charge on any atom is 0.307 e. The number of halogens is 1. The zero-order chi connectivity index (χ0) is 23.8. The molecule has 3 aromatic carbocycles. The molecule has 3 aromatic rings. The van der Waals surface area contributed by atoms with Gasteiger partial charge in [0.1, 0.15) is 41.0 Å². The molecule has 6 nitrogen and oxygen atoms in total. The molecule has 7 heteroatoms. The number of hydrogen-bond acceptors (Lipinski definition) is 5. The van der Waals surface area contributed by atoms with Crippen LogP contribution in [0.3, 0.4) is 0 Å². The van der Waals surface area contributed by atoms with Gasteiger partial charge in [0.2, 0.25) is 0 Å². The number of carboxylic acids is 1. The lowest BCUT2D eigenvalue weighted by Gasteiger charge is -2.17. The summed E-state index contributed by atoms with van der Waals surface area (Å²) in [5.74, 6) is 0.680. The average Bonchev–Trinajstić information content (AvgIpc) is 3.55. The smallest absolute Gasteiger partial charge is 0.307 e. The number of benzene rings is 3. The van der Waals surface area contributed by atoms with Crippen molar-refractivity contribution in [1.29, 1.82) is 5.26 Å². The highest BCUT2D eigenvalue weighted by Gasteiger charge is 2.44. The Bertz CT molecular complexity index is 1300. The van der Waals surface area contributed by atoms with Gasteiger partial charge in [-0.2, -0.15) is 5.26 Å². The molecular formula is C27H22FNO5. The summed E-state index contributed by atoms with van der Waals surface area (Å²) in [5.41, 5.74) is 2.62. The van der Waals surface area contributed by atoms with E-state index in [9.17, 15) is 9.18 Å². The van der Waals surface area contributed by atoms with Crippen LogP contribution in [0.2, 0.25) is 0 Å². The molecule has 2 aliphatic rings. The van der Waals surface area contributed by atoms with Gasteiger partial charge in [-0.3, -0.25) is 4.79 Å². The van der Waals surface area contributed by atoms with E-state index in [-0.39, 0.29) is 17.7 Å². The molecule has 0 saturated heterocycles. The lowest BCUT2D eigenvalue weighted by Crippen LogP contribution is -2.06. The van der Waals surface area contributed by atoms with Gasteiger partial charge in [0.15, 0.2) is 0 Å². The molecule has 0 aromatic heterocycles. The monoisotopic (exact) mass is 459 g/mol. The van der Waals surface area contributed by atoms with Crippen LogP contribution >= 0.6 is 0 Å². The first-order chi connectivity index (χ1) is 16.5. The number of ether oxygens (including phenoxy) is 3. The zero-order valence-electron chi connectivity index (χ0n) is 18.5. The second-order valence-corrected chi connectivity index (χ2v) is 8.51. The Morgan fingerprint density at radius 2 is 1.85 bits per heavy atom. The highest BCUT2D eigenvalue weighted by atomic mass is 19.1. The number of aliphatic carboxylic acids is 1. The minimum atomic E-state index is -0.763. The molecule has 2 aliphatic carbocycles. The first-order valence-corrected chi connectivity index (χ1v) is 11.0. The lowest BCUT2D eigenvalue weighted by molar-refractivity contribution is -0.138. The van der Waals surface area contributed by atoms with E-state index in [1.807, 2.05) is 24.3 Å². The molecule has 0 heterocycles. The van der Waals surface area contributed by atoms with E-state index in [2.05, 4.69) is 6.07 Å². The fourth-order valence-corrected chi connectivity index (χ4v) is 4.60. The van der Waals surface area contributed by atoms with Crippen LogP contribution in [-0.4, -0.2) is 18.2 Å². The highest BCUT2D eigenvalue weighted by Crippen LogP contribution is 2.48. The van der Waals surface area contributed by atoms with Crippen molar-refractivity contribution in [1.82, 2.24) is 0 Å². The molecule has 1 N–H and O–H groups in total. The van der Waals surface area contributed by atoms with Crippen LogP contribution in [0.15, 0.2) is 54.6 Å². The average molecular weight is 459 g/mol. The minimum absolute atomic E-state index is 0.0526. The Kier molecular flexibility index (Phi) is 5.58. The van der Waals surface area contributed by atoms with Crippen LogP contribution < -0.4 is 14.2 Å². The standard InChI is InChI=1S/C27H22FNO5/c1-32-25-12-18(7-4-16(25)14-29)34-23-11-9-22(28)26-19(23)8-10-24(26)33-17-5-2-15(3-6-17)20-13-21(20)27(30)31/h2-7,9,11-12,20-21,24H,8,10,13H2,1H3,(H,30,31). The van der Waals surface area contributed by atoms with Gasteiger partial charge in [-0.1, -0.05) is 12.1 Å². The van der Waals surface area contributed by atoms with Crippen LogP contribution in [0.1, 0.15) is 47.1 Å². The normalized spacial score (nSPS) is 20.2.